The van der Waals surface area contributed by atoms with Crippen molar-refractivity contribution in [3.8, 4) is 0 Å². The molecule has 0 bridgehead atoms. The summed E-state index contributed by atoms with van der Waals surface area (Å²) in [7, 11) is 0. The number of ether oxygens (including phenoxy) is 4. The molecule has 0 spiro atoms. The second-order valence-electron chi connectivity index (χ2n) is 17.9. The highest BCUT2D eigenvalue weighted by Gasteiger charge is 2.44. The smallest absolute Gasteiger partial charge is 0.306 e. The van der Waals surface area contributed by atoms with Crippen molar-refractivity contribution in [3.63, 3.8) is 0 Å². The normalized spacial score (nSPS) is 20.0. The highest BCUT2D eigenvalue weighted by atomic mass is 16.7. The lowest BCUT2D eigenvalue weighted by Gasteiger charge is -2.39. The topological polar surface area (TPSA) is 135 Å². The maximum absolute atomic E-state index is 12.9. The van der Waals surface area contributed by atoms with Crippen LogP contribution in [0.1, 0.15) is 194 Å². The Morgan fingerprint density at radius 3 is 1.28 bits per heavy atom. The Morgan fingerprint density at radius 2 is 0.853 bits per heavy atom. The molecule has 6 atom stereocenters. The molecule has 1 saturated heterocycles. The number of carbonyl (C=O) groups is 1. The predicted molar refractivity (Wildman–Crippen MR) is 283 cm³/mol. The van der Waals surface area contributed by atoms with E-state index in [1.54, 1.807) is 0 Å². The lowest BCUT2D eigenvalue weighted by atomic mass is 9.99. The van der Waals surface area contributed by atoms with Crippen LogP contribution in [0.2, 0.25) is 0 Å². The first-order chi connectivity index (χ1) is 33.4. The number of allylic oxidation sites excluding steroid dienone is 18. The van der Waals surface area contributed by atoms with Crippen LogP contribution in [-0.2, 0) is 23.7 Å². The SMILES string of the molecule is CC/C=C\C/C=C\C/C=C\C/C=C\C/C=C\CCCCCCCCCCCCOCC(COC1OC(CO)C(O)C(O)C1O)OC(=O)CCCCCCCC/C=C\C/C=C\C/C=C\C/C=C\CC. The Hall–Kier alpha value is -3.15. The van der Waals surface area contributed by atoms with E-state index in [1.807, 2.05) is 0 Å². The quantitative estimate of drug-likeness (QED) is 0.0267. The Balaban J connectivity index is 2.20. The number of esters is 1. The number of hydrogen-bond acceptors (Lipinski definition) is 9. The molecule has 9 nitrogen and oxygen atoms in total. The van der Waals surface area contributed by atoms with Crippen molar-refractivity contribution in [1.29, 1.82) is 0 Å². The number of hydrogen-bond donors (Lipinski definition) is 4. The molecule has 0 aromatic carbocycles. The first-order valence-corrected chi connectivity index (χ1v) is 27.0. The molecule has 0 aliphatic carbocycles. The van der Waals surface area contributed by atoms with Gasteiger partial charge in [0.15, 0.2) is 6.29 Å². The summed E-state index contributed by atoms with van der Waals surface area (Å²) in [5.41, 5.74) is 0. The lowest BCUT2D eigenvalue weighted by molar-refractivity contribution is -0.305. The summed E-state index contributed by atoms with van der Waals surface area (Å²) < 4.78 is 22.9. The van der Waals surface area contributed by atoms with Crippen LogP contribution in [0.4, 0.5) is 0 Å². The van der Waals surface area contributed by atoms with Crippen LogP contribution in [0.3, 0.4) is 0 Å². The van der Waals surface area contributed by atoms with E-state index in [2.05, 4.69) is 123 Å². The molecule has 1 rings (SSSR count). The van der Waals surface area contributed by atoms with E-state index >= 15 is 0 Å². The summed E-state index contributed by atoms with van der Waals surface area (Å²) in [5, 5.41) is 40.3. The van der Waals surface area contributed by atoms with E-state index in [0.717, 1.165) is 109 Å². The van der Waals surface area contributed by atoms with Crippen LogP contribution in [-0.4, -0.2) is 89.6 Å². The fourth-order valence-corrected chi connectivity index (χ4v) is 7.57. The van der Waals surface area contributed by atoms with Gasteiger partial charge in [-0.3, -0.25) is 4.79 Å². The first kappa shape index (κ1) is 62.9. The van der Waals surface area contributed by atoms with Gasteiger partial charge in [-0.05, 0) is 96.3 Å². The van der Waals surface area contributed by atoms with Gasteiger partial charge in [0.1, 0.15) is 30.5 Å². The Bertz CT molecular complexity index is 1410. The number of aliphatic hydroxyl groups excluding tert-OH is 4. The monoisotopic (exact) mass is 951 g/mol. The standard InChI is InChI=1S/C59H98O9/c1-3-5-7-9-11-13-15-17-19-21-23-24-25-26-27-28-29-31-33-35-37-39-41-43-45-47-49-65-51-53(52-66-59-58(64)57(63)56(62)54(50-60)68-59)67-55(61)48-46-44-42-40-38-36-34-32-30-22-20-18-16-14-12-10-8-6-4-2/h5-8,11-14,17-20,23-24,26-27,30,32,53-54,56-60,62-64H,3-4,9-10,15-16,21-22,25,28-29,31,33-52H2,1-2H3/b7-5-,8-6-,13-11-,14-12-,19-17-,20-18-,24-23-,27-26-,32-30-. The van der Waals surface area contributed by atoms with Gasteiger partial charge in [-0.2, -0.15) is 0 Å². The van der Waals surface area contributed by atoms with E-state index in [9.17, 15) is 25.2 Å². The van der Waals surface area contributed by atoms with Gasteiger partial charge in [0.05, 0.1) is 19.8 Å². The van der Waals surface area contributed by atoms with E-state index in [4.69, 9.17) is 18.9 Å². The van der Waals surface area contributed by atoms with Crippen LogP contribution in [0.5, 0.6) is 0 Å². The summed E-state index contributed by atoms with van der Waals surface area (Å²) in [4.78, 5) is 12.9. The third kappa shape index (κ3) is 38.7. The molecule has 388 valence electrons. The molecule has 4 N–H and O–H groups in total. The highest BCUT2D eigenvalue weighted by molar-refractivity contribution is 5.69. The summed E-state index contributed by atoms with van der Waals surface area (Å²) >= 11 is 0. The van der Waals surface area contributed by atoms with Gasteiger partial charge in [0, 0.05) is 13.0 Å². The number of carbonyl (C=O) groups excluding carboxylic acids is 1. The van der Waals surface area contributed by atoms with Crippen molar-refractivity contribution in [2.45, 2.75) is 230 Å². The van der Waals surface area contributed by atoms with Gasteiger partial charge in [-0.15, -0.1) is 0 Å². The molecule has 0 saturated carbocycles. The van der Waals surface area contributed by atoms with Crippen molar-refractivity contribution in [3.05, 3.63) is 109 Å². The fraction of sp³-hybridized carbons (Fsp3) is 0.678. The molecule has 6 unspecified atom stereocenters. The third-order valence-electron chi connectivity index (χ3n) is 11.7. The number of unbranched alkanes of at least 4 members (excludes halogenated alkanes) is 16. The van der Waals surface area contributed by atoms with Gasteiger partial charge >= 0.3 is 5.97 Å². The number of aliphatic hydroxyl groups is 4. The van der Waals surface area contributed by atoms with Gasteiger partial charge in [0.2, 0.25) is 0 Å². The Morgan fingerprint density at radius 1 is 0.471 bits per heavy atom. The third-order valence-corrected chi connectivity index (χ3v) is 11.7. The van der Waals surface area contributed by atoms with Crippen LogP contribution in [0.15, 0.2) is 109 Å². The largest absolute Gasteiger partial charge is 0.457 e. The van der Waals surface area contributed by atoms with Gasteiger partial charge in [-0.1, -0.05) is 200 Å². The fourth-order valence-electron chi connectivity index (χ4n) is 7.57. The second-order valence-corrected chi connectivity index (χ2v) is 17.9. The van der Waals surface area contributed by atoms with E-state index in [0.29, 0.717) is 13.0 Å². The summed E-state index contributed by atoms with van der Waals surface area (Å²) in [5.74, 6) is -0.333. The van der Waals surface area contributed by atoms with Crippen molar-refractivity contribution in [2.24, 2.45) is 0 Å². The molecule has 68 heavy (non-hydrogen) atoms. The molecule has 9 heteroatoms. The summed E-state index contributed by atoms with van der Waals surface area (Å²) in [6, 6.07) is 0. The molecule has 1 aliphatic rings. The zero-order valence-electron chi connectivity index (χ0n) is 42.8. The van der Waals surface area contributed by atoms with Crippen molar-refractivity contribution in [1.82, 2.24) is 0 Å². The molecular formula is C59H98O9. The zero-order valence-corrected chi connectivity index (χ0v) is 42.8. The minimum atomic E-state index is -1.55. The molecule has 0 aromatic heterocycles. The average Bonchev–Trinajstić information content (AvgIpc) is 3.34. The maximum Gasteiger partial charge on any atom is 0.306 e. The van der Waals surface area contributed by atoms with Crippen LogP contribution in [0.25, 0.3) is 0 Å². The van der Waals surface area contributed by atoms with Gasteiger partial charge < -0.3 is 39.4 Å². The molecule has 1 heterocycles. The van der Waals surface area contributed by atoms with Crippen LogP contribution in [0, 0.1) is 0 Å². The van der Waals surface area contributed by atoms with Crippen molar-refractivity contribution >= 4 is 5.97 Å². The molecule has 0 amide bonds. The molecule has 0 aromatic rings. The molecule has 0 radical (unpaired) electrons. The highest BCUT2D eigenvalue weighted by Crippen LogP contribution is 2.23. The Labute approximate surface area is 414 Å². The maximum atomic E-state index is 12.9. The average molecular weight is 951 g/mol. The van der Waals surface area contributed by atoms with E-state index < -0.39 is 43.4 Å². The first-order valence-electron chi connectivity index (χ1n) is 27.0. The summed E-state index contributed by atoms with van der Waals surface area (Å²) in [6.07, 6.45) is 62.6. The van der Waals surface area contributed by atoms with Gasteiger partial charge in [-0.25, -0.2) is 0 Å². The van der Waals surface area contributed by atoms with Crippen LogP contribution < -0.4 is 0 Å². The minimum Gasteiger partial charge on any atom is -0.457 e. The second kappa shape index (κ2) is 48.9. The van der Waals surface area contributed by atoms with E-state index in [-0.39, 0.29) is 19.2 Å². The van der Waals surface area contributed by atoms with Crippen molar-refractivity contribution in [2.75, 3.05) is 26.4 Å². The van der Waals surface area contributed by atoms with Crippen LogP contribution >= 0.6 is 0 Å². The predicted octanol–water partition coefficient (Wildman–Crippen LogP) is 13.7. The summed E-state index contributed by atoms with van der Waals surface area (Å²) in [6.45, 7) is 4.29. The lowest BCUT2D eigenvalue weighted by Crippen LogP contribution is -2.59. The number of rotatable bonds is 45. The molecule has 1 fully saturated rings. The minimum absolute atomic E-state index is 0.128. The van der Waals surface area contributed by atoms with Gasteiger partial charge in [0.25, 0.3) is 0 Å². The Kier molecular flexibility index (Phi) is 45.2. The van der Waals surface area contributed by atoms with E-state index in [1.165, 1.54) is 64.2 Å². The molecular weight excluding hydrogens is 853 g/mol. The van der Waals surface area contributed by atoms with Crippen molar-refractivity contribution < 1.29 is 44.2 Å². The zero-order chi connectivity index (χ0) is 49.2. The molecule has 1 aliphatic heterocycles.